The Hall–Kier alpha value is -2.37. The molecule has 0 spiro atoms. The van der Waals surface area contributed by atoms with Gasteiger partial charge in [-0.25, -0.2) is 9.18 Å². The van der Waals surface area contributed by atoms with Gasteiger partial charge in [0.05, 0.1) is 5.52 Å². The SMILES string of the molecule is O=C(O)CCc1c(C(=O)O)[nH]c2c(F)cccc12. The molecule has 94 valence electrons. The number of nitrogens with one attached hydrogen (secondary N) is 1. The zero-order valence-electron chi connectivity index (χ0n) is 9.24. The maximum atomic E-state index is 13.5. The Morgan fingerprint density at radius 2 is 2.00 bits per heavy atom. The van der Waals surface area contributed by atoms with Crippen LogP contribution in [0, 0.1) is 5.82 Å². The lowest BCUT2D eigenvalue weighted by molar-refractivity contribution is -0.136. The molecule has 0 saturated heterocycles. The summed E-state index contributed by atoms with van der Waals surface area (Å²) in [5, 5.41) is 18.1. The fraction of sp³-hybridized carbons (Fsp3) is 0.167. The Balaban J connectivity index is 2.59. The van der Waals surface area contributed by atoms with Gasteiger partial charge < -0.3 is 15.2 Å². The summed E-state index contributed by atoms with van der Waals surface area (Å²) in [6.45, 7) is 0. The predicted molar refractivity (Wildman–Crippen MR) is 61.2 cm³/mol. The minimum Gasteiger partial charge on any atom is -0.481 e. The van der Waals surface area contributed by atoms with Crippen molar-refractivity contribution in [2.45, 2.75) is 12.8 Å². The Morgan fingerprint density at radius 3 is 2.61 bits per heavy atom. The van der Waals surface area contributed by atoms with Gasteiger partial charge in [0.1, 0.15) is 11.5 Å². The van der Waals surface area contributed by atoms with Crippen molar-refractivity contribution < 1.29 is 24.2 Å². The smallest absolute Gasteiger partial charge is 0.352 e. The van der Waals surface area contributed by atoms with Gasteiger partial charge in [-0.05, 0) is 18.1 Å². The maximum absolute atomic E-state index is 13.5. The number of aromatic nitrogens is 1. The van der Waals surface area contributed by atoms with E-state index in [1.807, 2.05) is 0 Å². The number of aliphatic carboxylic acids is 1. The van der Waals surface area contributed by atoms with Gasteiger partial charge >= 0.3 is 11.9 Å². The molecule has 3 N–H and O–H groups in total. The summed E-state index contributed by atoms with van der Waals surface area (Å²) in [4.78, 5) is 24.1. The number of rotatable bonds is 4. The van der Waals surface area contributed by atoms with E-state index in [0.29, 0.717) is 10.9 Å². The number of aryl methyl sites for hydroxylation is 1. The molecule has 18 heavy (non-hydrogen) atoms. The highest BCUT2D eigenvalue weighted by atomic mass is 19.1. The van der Waals surface area contributed by atoms with Crippen LogP contribution >= 0.6 is 0 Å². The summed E-state index contributed by atoms with van der Waals surface area (Å²) >= 11 is 0. The van der Waals surface area contributed by atoms with E-state index in [9.17, 15) is 14.0 Å². The average Bonchev–Trinajstić information content (AvgIpc) is 2.66. The first-order chi connectivity index (χ1) is 8.50. The third-order valence-corrected chi connectivity index (χ3v) is 2.69. The molecule has 2 rings (SSSR count). The van der Waals surface area contributed by atoms with Crippen molar-refractivity contribution in [1.29, 1.82) is 0 Å². The fourth-order valence-corrected chi connectivity index (χ4v) is 1.91. The van der Waals surface area contributed by atoms with Crippen molar-refractivity contribution in [2.24, 2.45) is 0 Å². The highest BCUT2D eigenvalue weighted by Gasteiger charge is 2.19. The van der Waals surface area contributed by atoms with Crippen LogP contribution in [0.4, 0.5) is 4.39 Å². The first kappa shape index (κ1) is 12.1. The van der Waals surface area contributed by atoms with Gasteiger partial charge in [-0.3, -0.25) is 4.79 Å². The lowest BCUT2D eigenvalue weighted by Gasteiger charge is -1.99. The number of para-hydroxylation sites is 1. The molecule has 5 nitrogen and oxygen atoms in total. The van der Waals surface area contributed by atoms with E-state index < -0.39 is 17.8 Å². The number of carboxylic acid groups (broad SMARTS) is 2. The number of H-pyrrole nitrogens is 1. The summed E-state index contributed by atoms with van der Waals surface area (Å²) in [5.41, 5.74) is 0.256. The molecule has 0 amide bonds. The molecule has 0 bridgehead atoms. The molecule has 0 fully saturated rings. The van der Waals surface area contributed by atoms with Crippen molar-refractivity contribution in [2.75, 3.05) is 0 Å². The second-order valence-corrected chi connectivity index (χ2v) is 3.84. The molecule has 1 heterocycles. The van der Waals surface area contributed by atoms with E-state index in [1.54, 1.807) is 6.07 Å². The number of carboxylic acids is 2. The molecule has 0 radical (unpaired) electrons. The van der Waals surface area contributed by atoms with E-state index in [1.165, 1.54) is 12.1 Å². The molecule has 0 aliphatic heterocycles. The fourth-order valence-electron chi connectivity index (χ4n) is 1.91. The van der Waals surface area contributed by atoms with E-state index in [-0.39, 0.29) is 24.1 Å². The maximum Gasteiger partial charge on any atom is 0.352 e. The number of aromatic amines is 1. The average molecular weight is 251 g/mol. The molecule has 6 heteroatoms. The minimum atomic E-state index is -1.23. The normalized spacial score (nSPS) is 10.7. The van der Waals surface area contributed by atoms with Gasteiger partial charge in [-0.15, -0.1) is 0 Å². The van der Waals surface area contributed by atoms with E-state index in [0.717, 1.165) is 0 Å². The number of halogens is 1. The molecule has 2 aromatic rings. The Kier molecular flexibility index (Phi) is 3.01. The third kappa shape index (κ3) is 2.04. The molecule has 1 aromatic heterocycles. The van der Waals surface area contributed by atoms with E-state index >= 15 is 0 Å². The first-order valence-corrected chi connectivity index (χ1v) is 5.25. The van der Waals surface area contributed by atoms with Crippen LogP contribution in [0.3, 0.4) is 0 Å². The van der Waals surface area contributed by atoms with Crippen molar-refractivity contribution in [3.05, 3.63) is 35.3 Å². The molecule has 0 atom stereocenters. The summed E-state index contributed by atoms with van der Waals surface area (Å²) < 4.78 is 13.5. The molecule has 0 aliphatic rings. The second kappa shape index (κ2) is 4.48. The van der Waals surface area contributed by atoms with Crippen molar-refractivity contribution >= 4 is 22.8 Å². The minimum absolute atomic E-state index is 0.0421. The third-order valence-electron chi connectivity index (χ3n) is 2.69. The molecule has 0 saturated carbocycles. The highest BCUT2D eigenvalue weighted by Crippen LogP contribution is 2.25. The number of hydrogen-bond acceptors (Lipinski definition) is 2. The number of hydrogen-bond donors (Lipinski definition) is 3. The van der Waals surface area contributed by atoms with Crippen LogP contribution in [-0.4, -0.2) is 27.1 Å². The largest absolute Gasteiger partial charge is 0.481 e. The van der Waals surface area contributed by atoms with E-state index in [4.69, 9.17) is 10.2 Å². The van der Waals surface area contributed by atoms with Crippen molar-refractivity contribution in [1.82, 2.24) is 4.98 Å². The van der Waals surface area contributed by atoms with Gasteiger partial charge in [-0.2, -0.15) is 0 Å². The van der Waals surface area contributed by atoms with Gasteiger partial charge in [-0.1, -0.05) is 12.1 Å². The molecular weight excluding hydrogens is 241 g/mol. The zero-order valence-corrected chi connectivity index (χ0v) is 9.24. The Bertz CT molecular complexity index is 632. The molecule has 0 unspecified atom stereocenters. The molecule has 1 aromatic carbocycles. The number of fused-ring (bicyclic) bond motifs is 1. The topological polar surface area (TPSA) is 90.4 Å². The van der Waals surface area contributed by atoms with Gasteiger partial charge in [0, 0.05) is 11.8 Å². The van der Waals surface area contributed by atoms with Crippen LogP contribution in [0.1, 0.15) is 22.5 Å². The van der Waals surface area contributed by atoms with Crippen molar-refractivity contribution in [3.63, 3.8) is 0 Å². The van der Waals surface area contributed by atoms with Crippen molar-refractivity contribution in [3.8, 4) is 0 Å². The molecular formula is C12H10FNO4. The summed E-state index contributed by atoms with van der Waals surface area (Å²) in [5.74, 6) is -2.82. The quantitative estimate of drug-likeness (QED) is 0.775. The summed E-state index contributed by atoms with van der Waals surface area (Å²) in [6, 6.07) is 4.24. The summed E-state index contributed by atoms with van der Waals surface area (Å²) in [7, 11) is 0. The monoisotopic (exact) mass is 251 g/mol. The van der Waals surface area contributed by atoms with E-state index in [2.05, 4.69) is 4.98 Å². The van der Waals surface area contributed by atoms with Crippen LogP contribution < -0.4 is 0 Å². The lowest BCUT2D eigenvalue weighted by atomic mass is 10.1. The highest BCUT2D eigenvalue weighted by molar-refractivity contribution is 5.97. The molecule has 0 aliphatic carbocycles. The lowest BCUT2D eigenvalue weighted by Crippen LogP contribution is -2.04. The Morgan fingerprint density at radius 1 is 1.28 bits per heavy atom. The van der Waals surface area contributed by atoms with Crippen LogP contribution in [-0.2, 0) is 11.2 Å². The summed E-state index contributed by atoms with van der Waals surface area (Å²) in [6.07, 6.45) is -0.163. The van der Waals surface area contributed by atoms with Gasteiger partial charge in [0.15, 0.2) is 0 Å². The van der Waals surface area contributed by atoms with Gasteiger partial charge in [0.25, 0.3) is 0 Å². The van der Waals surface area contributed by atoms with Crippen LogP contribution in [0.5, 0.6) is 0 Å². The van der Waals surface area contributed by atoms with Crippen LogP contribution in [0.25, 0.3) is 10.9 Å². The number of carbonyl (C=O) groups is 2. The zero-order chi connectivity index (χ0) is 13.3. The standard InChI is InChI=1S/C12H10FNO4/c13-8-3-1-2-6-7(4-5-9(15)16)11(12(17)18)14-10(6)8/h1-3,14H,4-5H2,(H,15,16)(H,17,18). The second-order valence-electron chi connectivity index (χ2n) is 3.84. The predicted octanol–water partition coefficient (Wildman–Crippen LogP) is 2.02. The number of benzene rings is 1. The van der Waals surface area contributed by atoms with Crippen LogP contribution in [0.2, 0.25) is 0 Å². The van der Waals surface area contributed by atoms with Gasteiger partial charge in [0.2, 0.25) is 0 Å². The first-order valence-electron chi connectivity index (χ1n) is 5.25. The van der Waals surface area contributed by atoms with Crippen LogP contribution in [0.15, 0.2) is 18.2 Å². The number of aromatic carboxylic acids is 1. The Labute approximate surface area is 101 Å².